The molecule has 14 heteroatoms. The second kappa shape index (κ2) is 7.76. The smallest absolute Gasteiger partial charge is 0.387 e. The van der Waals surface area contributed by atoms with Gasteiger partial charge in [-0.25, -0.2) is 0 Å². The lowest BCUT2D eigenvalue weighted by molar-refractivity contribution is -0.151. The van der Waals surface area contributed by atoms with Crippen LogP contribution in [-0.4, -0.2) is 56.9 Å². The molecule has 1 fully saturated rings. The summed E-state index contributed by atoms with van der Waals surface area (Å²) in [5, 5.41) is 19.3. The van der Waals surface area contributed by atoms with Crippen molar-refractivity contribution in [2.75, 3.05) is 13.7 Å². The number of benzene rings is 1. The summed E-state index contributed by atoms with van der Waals surface area (Å²) in [6.45, 7) is -0.988. The van der Waals surface area contributed by atoms with Crippen LogP contribution in [0.1, 0.15) is 11.1 Å². The maximum Gasteiger partial charge on any atom is 0.416 e. The number of ether oxygens (including phenoxy) is 2. The zero-order chi connectivity index (χ0) is 21.5. The van der Waals surface area contributed by atoms with Crippen molar-refractivity contribution in [1.82, 2.24) is 0 Å². The molecule has 7 nitrogen and oxygen atoms in total. The Morgan fingerprint density at radius 2 is 1.50 bits per heavy atom. The summed E-state index contributed by atoms with van der Waals surface area (Å²) < 4.78 is 115. The zero-order valence-electron chi connectivity index (χ0n) is 13.9. The first-order valence-corrected chi connectivity index (χ1v) is 8.81. The Bertz CT molecular complexity index is 775. The van der Waals surface area contributed by atoms with E-state index in [9.17, 15) is 45.0 Å². The molecule has 1 aromatic rings. The Kier molecular flexibility index (Phi) is 6.33. The van der Waals surface area contributed by atoms with E-state index in [1.165, 1.54) is 0 Å². The van der Waals surface area contributed by atoms with Gasteiger partial charge in [-0.05, 0) is 18.2 Å². The third-order valence-electron chi connectivity index (χ3n) is 3.79. The predicted molar refractivity (Wildman–Crippen MR) is 77.3 cm³/mol. The molecule has 0 aliphatic carbocycles. The summed E-state index contributed by atoms with van der Waals surface area (Å²) in [5.74, 6) is 0. The molecule has 1 aromatic carbocycles. The van der Waals surface area contributed by atoms with Gasteiger partial charge in [-0.3, -0.25) is 4.18 Å². The first-order valence-electron chi connectivity index (χ1n) is 7.40. The van der Waals surface area contributed by atoms with Gasteiger partial charge in [-0.15, -0.1) is 0 Å². The Hall–Kier alpha value is -1.45. The molecule has 0 bridgehead atoms. The number of aliphatic hydroxyl groups is 2. The number of halogens is 6. The lowest BCUT2D eigenvalue weighted by Gasteiger charge is -2.16. The summed E-state index contributed by atoms with van der Waals surface area (Å²) in [6.07, 6.45) is -16.5. The molecule has 160 valence electrons. The van der Waals surface area contributed by atoms with Crippen LogP contribution >= 0.6 is 0 Å². The van der Waals surface area contributed by atoms with Crippen LogP contribution in [0, 0.1) is 0 Å². The number of alkyl halides is 6. The standard InChI is InChI=1S/C14H14F6O7S/c1-25-12-11(22)10(21)9(27-12)5-26-28(23,24)8-3-6(13(15,16)17)2-7(4-8)14(18,19)20/h2-4,9-12,21-22H,5H2,1H3/t9-,10-,11+,12-/m1/s1. The van der Waals surface area contributed by atoms with Crippen molar-refractivity contribution >= 4 is 10.1 Å². The average molecular weight is 440 g/mol. The van der Waals surface area contributed by atoms with Gasteiger partial charge in [0, 0.05) is 7.11 Å². The maximum absolute atomic E-state index is 12.8. The highest BCUT2D eigenvalue weighted by atomic mass is 32.2. The molecule has 0 radical (unpaired) electrons. The van der Waals surface area contributed by atoms with Gasteiger partial charge < -0.3 is 19.7 Å². The minimum absolute atomic E-state index is 0.0106. The second-order valence-corrected chi connectivity index (χ2v) is 7.36. The van der Waals surface area contributed by atoms with E-state index in [2.05, 4.69) is 8.92 Å². The highest BCUT2D eigenvalue weighted by Gasteiger charge is 2.44. The third kappa shape index (κ3) is 4.93. The van der Waals surface area contributed by atoms with Crippen molar-refractivity contribution in [3.63, 3.8) is 0 Å². The number of aliphatic hydroxyl groups excluding tert-OH is 2. The van der Waals surface area contributed by atoms with E-state index in [4.69, 9.17) is 4.74 Å². The van der Waals surface area contributed by atoms with E-state index in [0.29, 0.717) is 0 Å². The molecule has 1 heterocycles. The van der Waals surface area contributed by atoms with E-state index in [1.54, 1.807) is 0 Å². The largest absolute Gasteiger partial charge is 0.416 e. The molecule has 1 aliphatic heterocycles. The normalized spacial score (nSPS) is 26.6. The molecule has 0 unspecified atom stereocenters. The molecule has 0 saturated carbocycles. The minimum atomic E-state index is -5.24. The van der Waals surface area contributed by atoms with Crippen LogP contribution in [0.5, 0.6) is 0 Å². The first kappa shape index (κ1) is 22.8. The quantitative estimate of drug-likeness (QED) is 0.529. The van der Waals surface area contributed by atoms with Crippen molar-refractivity contribution < 1.29 is 58.6 Å². The molecule has 0 amide bonds. The van der Waals surface area contributed by atoms with Crippen LogP contribution in [-0.2, 0) is 36.1 Å². The molecule has 0 spiro atoms. The molecule has 0 aromatic heterocycles. The van der Waals surface area contributed by atoms with Crippen LogP contribution in [0.3, 0.4) is 0 Å². The number of rotatable bonds is 5. The van der Waals surface area contributed by atoms with Crippen molar-refractivity contribution in [2.45, 2.75) is 41.9 Å². The van der Waals surface area contributed by atoms with Crippen molar-refractivity contribution in [2.24, 2.45) is 0 Å². The van der Waals surface area contributed by atoms with E-state index >= 15 is 0 Å². The van der Waals surface area contributed by atoms with Gasteiger partial charge in [-0.1, -0.05) is 0 Å². The van der Waals surface area contributed by atoms with Crippen LogP contribution in [0.15, 0.2) is 23.1 Å². The Morgan fingerprint density at radius 1 is 1.00 bits per heavy atom. The van der Waals surface area contributed by atoms with E-state index < -0.39 is 69.7 Å². The summed E-state index contributed by atoms with van der Waals surface area (Å²) in [4.78, 5) is -1.38. The highest BCUT2D eigenvalue weighted by Crippen LogP contribution is 2.37. The van der Waals surface area contributed by atoms with Gasteiger partial charge in [0.25, 0.3) is 10.1 Å². The van der Waals surface area contributed by atoms with Gasteiger partial charge in [0.15, 0.2) is 6.29 Å². The van der Waals surface area contributed by atoms with Gasteiger partial charge in [0.05, 0.1) is 22.6 Å². The highest BCUT2D eigenvalue weighted by molar-refractivity contribution is 7.86. The van der Waals surface area contributed by atoms with Crippen LogP contribution in [0.25, 0.3) is 0 Å². The summed E-state index contributed by atoms with van der Waals surface area (Å²) >= 11 is 0. The van der Waals surface area contributed by atoms with Gasteiger partial charge in [0.2, 0.25) is 0 Å². The lowest BCUT2D eigenvalue weighted by atomic mass is 10.1. The Labute approximate surface area is 154 Å². The third-order valence-corrected chi connectivity index (χ3v) is 5.05. The topological polar surface area (TPSA) is 102 Å². The summed E-state index contributed by atoms with van der Waals surface area (Å²) in [5.41, 5.74) is -3.67. The first-order chi connectivity index (χ1) is 12.7. The van der Waals surface area contributed by atoms with E-state index in [1.807, 2.05) is 0 Å². The van der Waals surface area contributed by atoms with Crippen LogP contribution in [0.4, 0.5) is 26.3 Å². The molecule has 2 N–H and O–H groups in total. The predicted octanol–water partition coefficient (Wildman–Crippen LogP) is 1.52. The lowest BCUT2D eigenvalue weighted by Crippen LogP contribution is -2.35. The van der Waals surface area contributed by atoms with E-state index in [0.717, 1.165) is 7.11 Å². The molecular weight excluding hydrogens is 426 g/mol. The molecule has 2 rings (SSSR count). The molecule has 4 atom stereocenters. The fourth-order valence-corrected chi connectivity index (χ4v) is 3.33. The van der Waals surface area contributed by atoms with Gasteiger partial charge >= 0.3 is 12.4 Å². The molecule has 28 heavy (non-hydrogen) atoms. The second-order valence-electron chi connectivity index (χ2n) is 5.74. The van der Waals surface area contributed by atoms with E-state index in [-0.39, 0.29) is 18.2 Å². The Balaban J connectivity index is 2.30. The van der Waals surface area contributed by atoms with Crippen molar-refractivity contribution in [3.05, 3.63) is 29.3 Å². The Morgan fingerprint density at radius 3 is 1.89 bits per heavy atom. The van der Waals surface area contributed by atoms with Crippen molar-refractivity contribution in [1.29, 1.82) is 0 Å². The number of hydrogen-bond acceptors (Lipinski definition) is 7. The van der Waals surface area contributed by atoms with Crippen LogP contribution in [0.2, 0.25) is 0 Å². The van der Waals surface area contributed by atoms with Gasteiger partial charge in [-0.2, -0.15) is 34.8 Å². The molecule has 1 aliphatic rings. The molecule has 1 saturated heterocycles. The molecular formula is C14H14F6O7S. The number of hydrogen-bond donors (Lipinski definition) is 2. The zero-order valence-corrected chi connectivity index (χ0v) is 14.7. The monoisotopic (exact) mass is 440 g/mol. The number of methoxy groups -OCH3 is 1. The minimum Gasteiger partial charge on any atom is -0.387 e. The fourth-order valence-electron chi connectivity index (χ4n) is 2.34. The van der Waals surface area contributed by atoms with Crippen molar-refractivity contribution in [3.8, 4) is 0 Å². The van der Waals surface area contributed by atoms with Crippen LogP contribution < -0.4 is 0 Å². The maximum atomic E-state index is 12.8. The SMILES string of the molecule is CO[C@@H]1O[C@H](COS(=O)(=O)c2cc(C(F)(F)F)cc(C(F)(F)F)c2)[C@@H](O)[C@@H]1O. The summed E-state index contributed by atoms with van der Waals surface area (Å²) in [6, 6.07) is -0.255. The fraction of sp³-hybridized carbons (Fsp3) is 0.571. The summed E-state index contributed by atoms with van der Waals surface area (Å²) in [7, 11) is -3.98. The van der Waals surface area contributed by atoms with Gasteiger partial charge in [0.1, 0.15) is 18.3 Å². The average Bonchev–Trinajstić information content (AvgIpc) is 2.86.